The third-order valence-electron chi connectivity index (χ3n) is 3.72. The van der Waals surface area contributed by atoms with Gasteiger partial charge in [-0.3, -0.25) is 9.59 Å². The Labute approximate surface area is 134 Å². The lowest BCUT2D eigenvalue weighted by atomic mass is 9.98. The summed E-state index contributed by atoms with van der Waals surface area (Å²) >= 11 is 1.65. The number of methoxy groups -OCH3 is 1. The summed E-state index contributed by atoms with van der Waals surface area (Å²) in [5, 5.41) is 5.92. The molecule has 1 atom stereocenters. The van der Waals surface area contributed by atoms with Gasteiger partial charge in [0.05, 0.1) is 10.7 Å². The molecule has 1 aliphatic rings. The monoisotopic (exact) mass is 325 g/mol. The lowest BCUT2D eigenvalue weighted by Gasteiger charge is -2.31. The zero-order chi connectivity index (χ0) is 15.9. The van der Waals surface area contributed by atoms with Gasteiger partial charge in [-0.2, -0.15) is 0 Å². The predicted molar refractivity (Wildman–Crippen MR) is 84.9 cm³/mol. The fraction of sp³-hybridized carbons (Fsp3) is 0.667. The SMILES string of the molecule is COCC(=O)N1CCCC(c2nc(CCNC(C)=O)cs2)C1. The number of hydrogen-bond acceptors (Lipinski definition) is 5. The molecule has 1 saturated heterocycles. The molecular weight excluding hydrogens is 302 g/mol. The maximum absolute atomic E-state index is 11.9. The van der Waals surface area contributed by atoms with Crippen LogP contribution in [0.4, 0.5) is 0 Å². The van der Waals surface area contributed by atoms with Crippen molar-refractivity contribution in [3.63, 3.8) is 0 Å². The number of ether oxygens (including phenoxy) is 1. The van der Waals surface area contributed by atoms with Gasteiger partial charge in [0.15, 0.2) is 0 Å². The fourth-order valence-corrected chi connectivity index (χ4v) is 3.59. The van der Waals surface area contributed by atoms with Crippen LogP contribution in [0, 0.1) is 0 Å². The minimum Gasteiger partial charge on any atom is -0.375 e. The molecule has 1 N–H and O–H groups in total. The second-order valence-corrected chi connectivity index (χ2v) is 6.41. The van der Waals surface area contributed by atoms with E-state index in [1.54, 1.807) is 18.4 Å². The summed E-state index contributed by atoms with van der Waals surface area (Å²) in [6.07, 6.45) is 2.81. The van der Waals surface area contributed by atoms with Gasteiger partial charge in [-0.25, -0.2) is 4.98 Å². The Morgan fingerprint density at radius 2 is 2.36 bits per heavy atom. The van der Waals surface area contributed by atoms with Crippen LogP contribution in [0.1, 0.15) is 36.4 Å². The Hall–Kier alpha value is -1.47. The zero-order valence-corrected chi connectivity index (χ0v) is 13.9. The molecule has 1 aromatic rings. The van der Waals surface area contributed by atoms with E-state index in [1.165, 1.54) is 6.92 Å². The molecule has 7 heteroatoms. The molecule has 22 heavy (non-hydrogen) atoms. The van der Waals surface area contributed by atoms with Crippen LogP contribution in [-0.2, 0) is 20.7 Å². The smallest absolute Gasteiger partial charge is 0.248 e. The van der Waals surface area contributed by atoms with E-state index in [-0.39, 0.29) is 18.4 Å². The van der Waals surface area contributed by atoms with Gasteiger partial charge in [-0.05, 0) is 12.8 Å². The number of amides is 2. The number of rotatable bonds is 6. The Morgan fingerprint density at radius 1 is 1.55 bits per heavy atom. The Kier molecular flexibility index (Phi) is 6.33. The highest BCUT2D eigenvalue weighted by atomic mass is 32.1. The summed E-state index contributed by atoms with van der Waals surface area (Å²) in [6, 6.07) is 0. The number of carbonyl (C=O) groups excluding carboxylic acids is 2. The van der Waals surface area contributed by atoms with E-state index in [1.807, 2.05) is 10.3 Å². The van der Waals surface area contributed by atoms with E-state index in [9.17, 15) is 9.59 Å². The van der Waals surface area contributed by atoms with Crippen LogP contribution >= 0.6 is 11.3 Å². The number of hydrogen-bond donors (Lipinski definition) is 1. The molecule has 0 bridgehead atoms. The highest BCUT2D eigenvalue weighted by Gasteiger charge is 2.26. The molecule has 1 unspecified atom stereocenters. The normalized spacial score (nSPS) is 18.3. The molecule has 0 aliphatic carbocycles. The Balaban J connectivity index is 1.89. The van der Waals surface area contributed by atoms with E-state index in [0.29, 0.717) is 12.5 Å². The van der Waals surface area contributed by atoms with Crippen molar-refractivity contribution in [1.82, 2.24) is 15.2 Å². The van der Waals surface area contributed by atoms with E-state index in [4.69, 9.17) is 4.74 Å². The van der Waals surface area contributed by atoms with Crippen molar-refractivity contribution < 1.29 is 14.3 Å². The zero-order valence-electron chi connectivity index (χ0n) is 13.1. The standard InChI is InChI=1S/C15H23N3O3S/c1-11(19)16-6-5-13-10-22-15(17-13)12-4-3-7-18(8-12)14(20)9-21-2/h10,12H,3-9H2,1-2H3,(H,16,19). The van der Waals surface area contributed by atoms with Gasteiger partial charge in [-0.15, -0.1) is 11.3 Å². The number of likely N-dealkylation sites (tertiary alicyclic amines) is 1. The lowest BCUT2D eigenvalue weighted by molar-refractivity contribution is -0.136. The van der Waals surface area contributed by atoms with Gasteiger partial charge in [0, 0.05) is 51.4 Å². The van der Waals surface area contributed by atoms with E-state index < -0.39 is 0 Å². The summed E-state index contributed by atoms with van der Waals surface area (Å²) in [6.45, 7) is 3.80. The van der Waals surface area contributed by atoms with Crippen molar-refractivity contribution in [2.24, 2.45) is 0 Å². The van der Waals surface area contributed by atoms with Gasteiger partial charge < -0.3 is 15.0 Å². The van der Waals surface area contributed by atoms with Gasteiger partial charge in [0.1, 0.15) is 6.61 Å². The number of carbonyl (C=O) groups is 2. The van der Waals surface area contributed by atoms with Gasteiger partial charge in [-0.1, -0.05) is 0 Å². The molecule has 0 saturated carbocycles. The minimum atomic E-state index is -0.0185. The molecule has 2 heterocycles. The van der Waals surface area contributed by atoms with Crippen molar-refractivity contribution in [1.29, 1.82) is 0 Å². The van der Waals surface area contributed by atoms with Crippen LogP contribution in [0.2, 0.25) is 0 Å². The molecular formula is C15H23N3O3S. The summed E-state index contributed by atoms with van der Waals surface area (Å²) in [7, 11) is 1.54. The molecule has 1 aliphatic heterocycles. The molecule has 2 amide bonds. The first kappa shape index (κ1) is 16.9. The van der Waals surface area contributed by atoms with Crippen LogP contribution in [0.25, 0.3) is 0 Å². The van der Waals surface area contributed by atoms with Crippen LogP contribution in [0.3, 0.4) is 0 Å². The Bertz CT molecular complexity index is 518. The van der Waals surface area contributed by atoms with E-state index >= 15 is 0 Å². The van der Waals surface area contributed by atoms with E-state index in [0.717, 1.165) is 43.1 Å². The lowest BCUT2D eigenvalue weighted by Crippen LogP contribution is -2.40. The van der Waals surface area contributed by atoms with Crippen molar-refractivity contribution in [3.8, 4) is 0 Å². The van der Waals surface area contributed by atoms with Gasteiger partial charge in [0.25, 0.3) is 0 Å². The third-order valence-corrected chi connectivity index (χ3v) is 4.77. The molecule has 0 spiro atoms. The second kappa shape index (κ2) is 8.24. The summed E-state index contributed by atoms with van der Waals surface area (Å²) in [5.74, 6) is 0.346. The molecule has 2 rings (SSSR count). The average Bonchev–Trinajstić information content (AvgIpc) is 2.96. The first-order valence-corrected chi connectivity index (χ1v) is 8.43. The van der Waals surface area contributed by atoms with Crippen molar-refractivity contribution in [2.45, 2.75) is 32.1 Å². The molecule has 122 valence electrons. The molecule has 6 nitrogen and oxygen atoms in total. The first-order valence-electron chi connectivity index (χ1n) is 7.55. The van der Waals surface area contributed by atoms with Crippen molar-refractivity contribution in [2.75, 3.05) is 33.4 Å². The highest BCUT2D eigenvalue weighted by molar-refractivity contribution is 7.09. The first-order chi connectivity index (χ1) is 10.6. The predicted octanol–water partition coefficient (Wildman–Crippen LogP) is 1.17. The Morgan fingerprint density at radius 3 is 3.09 bits per heavy atom. The summed E-state index contributed by atoms with van der Waals surface area (Å²) in [5.41, 5.74) is 1.01. The topological polar surface area (TPSA) is 71.5 Å². The number of nitrogens with zero attached hydrogens (tertiary/aromatic N) is 2. The van der Waals surface area contributed by atoms with Crippen LogP contribution in [0.15, 0.2) is 5.38 Å². The molecule has 1 aromatic heterocycles. The second-order valence-electron chi connectivity index (χ2n) is 5.52. The summed E-state index contributed by atoms with van der Waals surface area (Å²) in [4.78, 5) is 29.3. The van der Waals surface area contributed by atoms with Crippen LogP contribution in [0.5, 0.6) is 0 Å². The van der Waals surface area contributed by atoms with Gasteiger partial charge in [0.2, 0.25) is 11.8 Å². The largest absolute Gasteiger partial charge is 0.375 e. The van der Waals surface area contributed by atoms with Crippen LogP contribution < -0.4 is 5.32 Å². The minimum absolute atomic E-state index is 0.0185. The number of piperidine rings is 1. The van der Waals surface area contributed by atoms with Crippen LogP contribution in [-0.4, -0.2) is 55.0 Å². The highest BCUT2D eigenvalue weighted by Crippen LogP contribution is 2.29. The molecule has 1 fully saturated rings. The average molecular weight is 325 g/mol. The summed E-state index contributed by atoms with van der Waals surface area (Å²) < 4.78 is 4.93. The maximum atomic E-state index is 11.9. The van der Waals surface area contributed by atoms with Crippen molar-refractivity contribution in [3.05, 3.63) is 16.1 Å². The molecule has 0 radical (unpaired) electrons. The van der Waals surface area contributed by atoms with E-state index in [2.05, 4.69) is 10.3 Å². The quantitative estimate of drug-likeness (QED) is 0.852. The third kappa shape index (κ3) is 4.78. The maximum Gasteiger partial charge on any atom is 0.248 e. The fourth-order valence-electron chi connectivity index (χ4n) is 2.61. The van der Waals surface area contributed by atoms with Crippen molar-refractivity contribution >= 4 is 23.2 Å². The number of aromatic nitrogens is 1. The van der Waals surface area contributed by atoms with Gasteiger partial charge >= 0.3 is 0 Å². The number of nitrogens with one attached hydrogen (secondary N) is 1. The molecule has 0 aromatic carbocycles. The number of thiazole rings is 1.